The number of pyridine rings is 1. The zero-order valence-electron chi connectivity index (χ0n) is 13.9. The minimum atomic E-state index is -0.439. The molecule has 4 N–H and O–H groups in total. The summed E-state index contributed by atoms with van der Waals surface area (Å²) in [6, 6.07) is 13.0. The highest BCUT2D eigenvalue weighted by Gasteiger charge is 2.13. The summed E-state index contributed by atoms with van der Waals surface area (Å²) in [7, 11) is 0. The highest BCUT2D eigenvalue weighted by Crippen LogP contribution is 2.35. The summed E-state index contributed by atoms with van der Waals surface area (Å²) in [5, 5.41) is 1.58. The SMILES string of the molecule is Nc1c(NNC(=O)c2ccco2)ncnc1Sc1cccc2cccnc12. The number of rotatable bonds is 5. The van der Waals surface area contributed by atoms with Crippen LogP contribution in [0.5, 0.6) is 0 Å². The fraction of sp³-hybridized carbons (Fsp3) is 0. The van der Waals surface area contributed by atoms with E-state index in [4.69, 9.17) is 10.2 Å². The summed E-state index contributed by atoms with van der Waals surface area (Å²) < 4.78 is 5.03. The van der Waals surface area contributed by atoms with Gasteiger partial charge in [0.1, 0.15) is 17.0 Å². The molecular formula is C18H14N6O2S. The molecule has 3 aromatic heterocycles. The maximum absolute atomic E-state index is 11.9. The Morgan fingerprint density at radius 2 is 1.96 bits per heavy atom. The number of nitrogens with zero attached hydrogens (tertiary/aromatic N) is 3. The Balaban J connectivity index is 1.56. The van der Waals surface area contributed by atoms with E-state index < -0.39 is 5.91 Å². The van der Waals surface area contributed by atoms with Gasteiger partial charge in [-0.15, -0.1) is 0 Å². The Kier molecular flexibility index (Phi) is 4.58. The van der Waals surface area contributed by atoms with Crippen molar-refractivity contribution in [2.45, 2.75) is 9.92 Å². The number of nitrogens with one attached hydrogen (secondary N) is 2. The number of para-hydroxylation sites is 1. The standard InChI is InChI=1S/C18H14N6O2S/c19-14-16(23-24-17(25)12-6-3-9-26-12)21-10-22-18(14)27-13-7-1-4-11-5-2-8-20-15(11)13/h1-10H,19H2,(H,24,25)(H,21,22,23). The molecule has 9 heteroatoms. The fourth-order valence-electron chi connectivity index (χ4n) is 2.41. The maximum atomic E-state index is 11.9. The largest absolute Gasteiger partial charge is 0.459 e. The minimum Gasteiger partial charge on any atom is -0.459 e. The number of hydrazine groups is 1. The second-order valence-corrected chi connectivity index (χ2v) is 6.46. The van der Waals surface area contributed by atoms with Gasteiger partial charge in [0.15, 0.2) is 11.6 Å². The molecule has 1 amide bonds. The summed E-state index contributed by atoms with van der Waals surface area (Å²) >= 11 is 1.38. The minimum absolute atomic E-state index is 0.173. The van der Waals surface area contributed by atoms with Crippen LogP contribution in [0.3, 0.4) is 0 Å². The van der Waals surface area contributed by atoms with Crippen molar-refractivity contribution in [1.82, 2.24) is 20.4 Å². The molecule has 0 spiro atoms. The molecule has 0 saturated carbocycles. The van der Waals surface area contributed by atoms with E-state index >= 15 is 0 Å². The number of furan rings is 1. The van der Waals surface area contributed by atoms with Crippen molar-refractivity contribution in [3.05, 3.63) is 67.0 Å². The van der Waals surface area contributed by atoms with E-state index in [1.807, 2.05) is 30.3 Å². The molecule has 3 heterocycles. The van der Waals surface area contributed by atoms with Gasteiger partial charge in [-0.2, -0.15) is 0 Å². The van der Waals surface area contributed by atoms with Crippen molar-refractivity contribution < 1.29 is 9.21 Å². The second kappa shape index (κ2) is 7.34. The first kappa shape index (κ1) is 16.9. The summed E-state index contributed by atoms with van der Waals surface area (Å²) in [4.78, 5) is 25.6. The maximum Gasteiger partial charge on any atom is 0.305 e. The first-order chi connectivity index (χ1) is 13.2. The van der Waals surface area contributed by atoms with E-state index in [1.54, 1.807) is 18.3 Å². The topological polar surface area (TPSA) is 119 Å². The van der Waals surface area contributed by atoms with E-state index in [2.05, 4.69) is 25.8 Å². The monoisotopic (exact) mass is 378 g/mol. The molecule has 27 heavy (non-hydrogen) atoms. The molecule has 0 bridgehead atoms. The molecule has 0 unspecified atom stereocenters. The lowest BCUT2D eigenvalue weighted by atomic mass is 10.2. The first-order valence-electron chi connectivity index (χ1n) is 7.94. The summed E-state index contributed by atoms with van der Waals surface area (Å²) in [5.41, 5.74) is 12.5. The van der Waals surface area contributed by atoms with Crippen LogP contribution in [0.2, 0.25) is 0 Å². The molecule has 0 aliphatic rings. The lowest BCUT2D eigenvalue weighted by Gasteiger charge is -2.11. The zero-order chi connectivity index (χ0) is 18.6. The van der Waals surface area contributed by atoms with Crippen molar-refractivity contribution in [2.75, 3.05) is 11.2 Å². The Morgan fingerprint density at radius 3 is 2.81 bits per heavy atom. The van der Waals surface area contributed by atoms with Gasteiger partial charge in [-0.3, -0.25) is 20.6 Å². The number of carbonyl (C=O) groups is 1. The number of aromatic nitrogens is 3. The Labute approximate surface area is 158 Å². The molecule has 0 radical (unpaired) electrons. The quantitative estimate of drug-likeness (QED) is 0.358. The molecule has 0 fully saturated rings. The Morgan fingerprint density at radius 1 is 1.07 bits per heavy atom. The van der Waals surface area contributed by atoms with Gasteiger partial charge in [-0.25, -0.2) is 9.97 Å². The van der Waals surface area contributed by atoms with Crippen LogP contribution in [-0.4, -0.2) is 20.9 Å². The van der Waals surface area contributed by atoms with Gasteiger partial charge >= 0.3 is 5.91 Å². The third-order valence-corrected chi connectivity index (χ3v) is 4.76. The van der Waals surface area contributed by atoms with E-state index in [0.717, 1.165) is 15.8 Å². The van der Waals surface area contributed by atoms with Gasteiger partial charge in [0.25, 0.3) is 0 Å². The highest BCUT2D eigenvalue weighted by atomic mass is 32.2. The molecule has 8 nitrogen and oxygen atoms in total. The Hall–Kier alpha value is -3.59. The zero-order valence-corrected chi connectivity index (χ0v) is 14.7. The number of hydrogen-bond acceptors (Lipinski definition) is 8. The predicted molar refractivity (Wildman–Crippen MR) is 102 cm³/mol. The average Bonchev–Trinajstić information content (AvgIpc) is 3.24. The number of fused-ring (bicyclic) bond motifs is 1. The molecule has 0 atom stereocenters. The van der Waals surface area contributed by atoms with Crippen molar-refractivity contribution in [1.29, 1.82) is 0 Å². The number of anilines is 2. The van der Waals surface area contributed by atoms with Crippen molar-refractivity contribution in [2.24, 2.45) is 0 Å². The number of amides is 1. The Bertz CT molecular complexity index is 1090. The van der Waals surface area contributed by atoms with Crippen molar-refractivity contribution in [3.63, 3.8) is 0 Å². The normalized spacial score (nSPS) is 10.7. The number of nitrogens with two attached hydrogens (primary N) is 1. The lowest BCUT2D eigenvalue weighted by molar-refractivity contribution is 0.0935. The van der Waals surface area contributed by atoms with Gasteiger partial charge < -0.3 is 10.2 Å². The van der Waals surface area contributed by atoms with Crippen LogP contribution in [0.4, 0.5) is 11.5 Å². The van der Waals surface area contributed by atoms with Gasteiger partial charge in [-0.1, -0.05) is 30.0 Å². The third-order valence-electron chi connectivity index (χ3n) is 3.69. The molecular weight excluding hydrogens is 364 g/mol. The van der Waals surface area contributed by atoms with Crippen LogP contribution >= 0.6 is 11.8 Å². The predicted octanol–water partition coefficient (Wildman–Crippen LogP) is 3.11. The second-order valence-electron chi connectivity index (χ2n) is 5.43. The highest BCUT2D eigenvalue weighted by molar-refractivity contribution is 7.99. The van der Waals surface area contributed by atoms with Crippen LogP contribution in [-0.2, 0) is 0 Å². The van der Waals surface area contributed by atoms with Gasteiger partial charge in [0, 0.05) is 16.5 Å². The van der Waals surface area contributed by atoms with Crippen LogP contribution in [0.25, 0.3) is 10.9 Å². The lowest BCUT2D eigenvalue weighted by Crippen LogP contribution is -2.30. The van der Waals surface area contributed by atoms with Crippen molar-refractivity contribution in [3.8, 4) is 0 Å². The van der Waals surface area contributed by atoms with Gasteiger partial charge in [-0.05, 0) is 24.3 Å². The van der Waals surface area contributed by atoms with E-state index in [0.29, 0.717) is 16.5 Å². The average molecular weight is 378 g/mol. The third kappa shape index (κ3) is 3.53. The summed E-state index contributed by atoms with van der Waals surface area (Å²) in [6.07, 6.45) is 4.53. The number of nitrogen functional groups attached to an aromatic ring is 1. The number of carbonyl (C=O) groups excluding carboxylic acids is 1. The summed E-state index contributed by atoms with van der Waals surface area (Å²) in [5.74, 6) is 0.0256. The molecule has 0 aliphatic carbocycles. The van der Waals surface area contributed by atoms with E-state index in [9.17, 15) is 4.79 Å². The van der Waals surface area contributed by atoms with Gasteiger partial charge in [0.05, 0.1) is 11.8 Å². The molecule has 0 saturated heterocycles. The van der Waals surface area contributed by atoms with Crippen LogP contribution < -0.4 is 16.6 Å². The smallest absolute Gasteiger partial charge is 0.305 e. The van der Waals surface area contributed by atoms with E-state index in [1.165, 1.54) is 24.4 Å². The fourth-order valence-corrected chi connectivity index (χ4v) is 3.34. The number of benzene rings is 1. The van der Waals surface area contributed by atoms with Gasteiger partial charge in [0.2, 0.25) is 0 Å². The first-order valence-corrected chi connectivity index (χ1v) is 8.76. The molecule has 134 valence electrons. The molecule has 4 aromatic rings. The van der Waals surface area contributed by atoms with E-state index in [-0.39, 0.29) is 5.76 Å². The molecule has 0 aliphatic heterocycles. The number of hydrogen-bond donors (Lipinski definition) is 3. The summed E-state index contributed by atoms with van der Waals surface area (Å²) in [6.45, 7) is 0. The van der Waals surface area contributed by atoms with Crippen LogP contribution in [0.1, 0.15) is 10.6 Å². The molecule has 1 aromatic carbocycles. The van der Waals surface area contributed by atoms with Crippen LogP contribution in [0, 0.1) is 0 Å². The molecule has 4 rings (SSSR count). The van der Waals surface area contributed by atoms with Crippen LogP contribution in [0.15, 0.2) is 75.6 Å². The van der Waals surface area contributed by atoms with Crippen molar-refractivity contribution >= 4 is 40.1 Å².